The molecule has 0 aliphatic heterocycles. The first kappa shape index (κ1) is 13.1. The molecular formula is C17H10N6. The van der Waals surface area contributed by atoms with Gasteiger partial charge in [-0.3, -0.25) is 4.98 Å². The third-order valence-corrected chi connectivity index (χ3v) is 3.48. The van der Waals surface area contributed by atoms with Gasteiger partial charge in [0.15, 0.2) is 0 Å². The van der Waals surface area contributed by atoms with Crippen LogP contribution in [0.5, 0.6) is 0 Å². The van der Waals surface area contributed by atoms with Crippen LogP contribution in [0.15, 0.2) is 60.8 Å². The molecule has 0 saturated heterocycles. The number of nitriles is 1. The standard InChI is InChI=1S/C17H10N6/c18-10-12-4-3-7-15(8-12)23-21-17(20-22-23)16-9-13-5-1-2-6-14(13)11-19-16/h1-9,11H. The largest absolute Gasteiger partial charge is 0.252 e. The average molecular weight is 298 g/mol. The van der Waals surface area contributed by atoms with Gasteiger partial charge < -0.3 is 0 Å². The van der Waals surface area contributed by atoms with Crippen LogP contribution in [-0.2, 0) is 0 Å². The van der Waals surface area contributed by atoms with Gasteiger partial charge in [0.05, 0.1) is 17.3 Å². The van der Waals surface area contributed by atoms with E-state index in [1.54, 1.807) is 24.4 Å². The molecule has 0 atom stereocenters. The number of benzene rings is 2. The summed E-state index contributed by atoms with van der Waals surface area (Å²) in [5.41, 5.74) is 1.89. The fourth-order valence-electron chi connectivity index (χ4n) is 2.33. The maximum absolute atomic E-state index is 8.97. The third kappa shape index (κ3) is 2.40. The Bertz CT molecular complexity index is 1040. The lowest BCUT2D eigenvalue weighted by atomic mass is 10.1. The van der Waals surface area contributed by atoms with Gasteiger partial charge in [0.1, 0.15) is 5.69 Å². The van der Waals surface area contributed by atoms with E-state index in [9.17, 15) is 0 Å². The van der Waals surface area contributed by atoms with Crippen molar-refractivity contribution in [1.29, 1.82) is 5.26 Å². The molecule has 0 aliphatic carbocycles. The highest BCUT2D eigenvalue weighted by Gasteiger charge is 2.09. The lowest BCUT2D eigenvalue weighted by molar-refractivity contribution is 0.720. The molecule has 0 unspecified atom stereocenters. The van der Waals surface area contributed by atoms with Crippen molar-refractivity contribution in [3.05, 3.63) is 66.4 Å². The monoisotopic (exact) mass is 298 g/mol. The molecule has 2 aromatic carbocycles. The van der Waals surface area contributed by atoms with Gasteiger partial charge in [-0.25, -0.2) is 0 Å². The lowest BCUT2D eigenvalue weighted by Crippen LogP contribution is -1.99. The van der Waals surface area contributed by atoms with Gasteiger partial charge in [-0.05, 0) is 34.9 Å². The SMILES string of the molecule is N#Cc1cccc(-n2nnc(-c3cc4ccccc4cn3)n2)c1. The molecule has 0 spiro atoms. The van der Waals surface area contributed by atoms with E-state index in [0.29, 0.717) is 22.8 Å². The Morgan fingerprint density at radius 1 is 0.957 bits per heavy atom. The van der Waals surface area contributed by atoms with Crippen LogP contribution in [-0.4, -0.2) is 25.2 Å². The molecule has 0 amide bonds. The van der Waals surface area contributed by atoms with Crippen LogP contribution in [0, 0.1) is 11.3 Å². The second-order valence-electron chi connectivity index (χ2n) is 4.98. The Hall–Kier alpha value is -3.59. The highest BCUT2D eigenvalue weighted by molar-refractivity contribution is 5.84. The first-order valence-electron chi connectivity index (χ1n) is 6.99. The first-order valence-corrected chi connectivity index (χ1v) is 6.99. The number of rotatable bonds is 2. The molecule has 0 saturated carbocycles. The second kappa shape index (κ2) is 5.31. The average Bonchev–Trinajstić information content (AvgIpc) is 3.11. The summed E-state index contributed by atoms with van der Waals surface area (Å²) in [6.07, 6.45) is 1.79. The molecular weight excluding hydrogens is 288 g/mol. The Morgan fingerprint density at radius 2 is 1.83 bits per heavy atom. The van der Waals surface area contributed by atoms with E-state index in [1.807, 2.05) is 36.4 Å². The minimum absolute atomic E-state index is 0.443. The van der Waals surface area contributed by atoms with E-state index in [4.69, 9.17) is 5.26 Å². The summed E-state index contributed by atoms with van der Waals surface area (Å²) in [6.45, 7) is 0. The summed E-state index contributed by atoms with van der Waals surface area (Å²) >= 11 is 0. The second-order valence-corrected chi connectivity index (χ2v) is 4.98. The molecule has 108 valence electrons. The van der Waals surface area contributed by atoms with Crippen molar-refractivity contribution in [3.8, 4) is 23.3 Å². The van der Waals surface area contributed by atoms with Gasteiger partial charge in [-0.2, -0.15) is 5.26 Å². The zero-order valence-corrected chi connectivity index (χ0v) is 12.0. The molecule has 0 radical (unpaired) electrons. The van der Waals surface area contributed by atoms with E-state index in [2.05, 4.69) is 26.5 Å². The molecule has 0 fully saturated rings. The zero-order chi connectivity index (χ0) is 15.6. The van der Waals surface area contributed by atoms with Gasteiger partial charge in [-0.15, -0.1) is 15.0 Å². The number of nitrogens with zero attached hydrogens (tertiary/aromatic N) is 6. The van der Waals surface area contributed by atoms with E-state index in [1.165, 1.54) is 4.80 Å². The molecule has 23 heavy (non-hydrogen) atoms. The summed E-state index contributed by atoms with van der Waals surface area (Å²) in [5, 5.41) is 23.6. The molecule has 0 N–H and O–H groups in total. The minimum Gasteiger partial charge on any atom is -0.252 e. The molecule has 4 aromatic rings. The van der Waals surface area contributed by atoms with Crippen molar-refractivity contribution in [2.45, 2.75) is 0 Å². The summed E-state index contributed by atoms with van der Waals surface area (Å²) in [5.74, 6) is 0.443. The topological polar surface area (TPSA) is 80.3 Å². The van der Waals surface area contributed by atoms with Gasteiger partial charge >= 0.3 is 0 Å². The molecule has 2 aromatic heterocycles. The van der Waals surface area contributed by atoms with Crippen molar-refractivity contribution in [2.24, 2.45) is 0 Å². The van der Waals surface area contributed by atoms with Crippen LogP contribution < -0.4 is 0 Å². The summed E-state index contributed by atoms with van der Waals surface area (Å²) in [7, 11) is 0. The summed E-state index contributed by atoms with van der Waals surface area (Å²) in [6, 6.07) is 19.0. The van der Waals surface area contributed by atoms with Gasteiger partial charge in [0, 0.05) is 11.6 Å². The van der Waals surface area contributed by atoms with E-state index in [-0.39, 0.29) is 0 Å². The number of aromatic nitrogens is 5. The Balaban J connectivity index is 1.75. The fourth-order valence-corrected chi connectivity index (χ4v) is 2.33. The van der Waals surface area contributed by atoms with Gasteiger partial charge in [0.2, 0.25) is 5.82 Å². The normalized spacial score (nSPS) is 10.6. The van der Waals surface area contributed by atoms with Crippen LogP contribution in [0.25, 0.3) is 28.0 Å². The molecule has 6 nitrogen and oxygen atoms in total. The summed E-state index contributed by atoms with van der Waals surface area (Å²) < 4.78 is 0. The predicted octanol–water partition coefficient (Wildman–Crippen LogP) is 2.75. The maximum atomic E-state index is 8.97. The van der Waals surface area contributed by atoms with Crippen LogP contribution in [0.4, 0.5) is 0 Å². The third-order valence-electron chi connectivity index (χ3n) is 3.48. The van der Waals surface area contributed by atoms with E-state index >= 15 is 0 Å². The number of pyridine rings is 1. The van der Waals surface area contributed by atoms with Gasteiger partial charge in [0.25, 0.3) is 0 Å². The highest BCUT2D eigenvalue weighted by atomic mass is 15.6. The Labute approximate surface area is 131 Å². The predicted molar refractivity (Wildman–Crippen MR) is 84.6 cm³/mol. The van der Waals surface area contributed by atoms with Crippen LogP contribution in [0.2, 0.25) is 0 Å². The van der Waals surface area contributed by atoms with Crippen molar-refractivity contribution in [1.82, 2.24) is 25.2 Å². The fraction of sp³-hybridized carbons (Fsp3) is 0. The lowest BCUT2D eigenvalue weighted by Gasteiger charge is -1.99. The van der Waals surface area contributed by atoms with Crippen molar-refractivity contribution >= 4 is 10.8 Å². The van der Waals surface area contributed by atoms with Crippen LogP contribution in [0.1, 0.15) is 5.56 Å². The quantitative estimate of drug-likeness (QED) is 0.568. The Morgan fingerprint density at radius 3 is 2.70 bits per heavy atom. The molecule has 6 heteroatoms. The van der Waals surface area contributed by atoms with Crippen molar-refractivity contribution < 1.29 is 0 Å². The molecule has 0 aliphatic rings. The van der Waals surface area contributed by atoms with E-state index < -0.39 is 0 Å². The number of fused-ring (bicyclic) bond motifs is 1. The smallest absolute Gasteiger partial charge is 0.223 e. The number of tetrazole rings is 1. The Kier molecular flexibility index (Phi) is 3.03. The molecule has 2 heterocycles. The van der Waals surface area contributed by atoms with Crippen LogP contribution >= 0.6 is 0 Å². The highest BCUT2D eigenvalue weighted by Crippen LogP contribution is 2.19. The van der Waals surface area contributed by atoms with Gasteiger partial charge in [-0.1, -0.05) is 30.3 Å². The molecule has 0 bridgehead atoms. The van der Waals surface area contributed by atoms with Crippen LogP contribution in [0.3, 0.4) is 0 Å². The summed E-state index contributed by atoms with van der Waals surface area (Å²) in [4.78, 5) is 5.78. The van der Waals surface area contributed by atoms with Crippen molar-refractivity contribution in [2.75, 3.05) is 0 Å². The van der Waals surface area contributed by atoms with E-state index in [0.717, 1.165) is 10.8 Å². The first-order chi connectivity index (χ1) is 11.3. The minimum atomic E-state index is 0.443. The molecule has 4 rings (SSSR count). The number of hydrogen-bond donors (Lipinski definition) is 0. The maximum Gasteiger partial charge on any atom is 0.223 e. The van der Waals surface area contributed by atoms with Crippen molar-refractivity contribution in [3.63, 3.8) is 0 Å². The zero-order valence-electron chi connectivity index (χ0n) is 12.0. The number of hydrogen-bond acceptors (Lipinski definition) is 5.